The molecule has 0 aromatic heterocycles. The molecule has 1 heterocycles. The van der Waals surface area contributed by atoms with E-state index in [-0.39, 0.29) is 17.2 Å². The third-order valence-corrected chi connectivity index (χ3v) is 4.94. The number of amides is 1. The molecule has 0 atom stereocenters. The molecule has 3 rings (SSSR count). The number of hydrogen-bond donors (Lipinski definition) is 2. The molecule has 118 valence electrons. The lowest BCUT2D eigenvalue weighted by Gasteiger charge is -2.33. The van der Waals surface area contributed by atoms with E-state index in [9.17, 15) is 9.90 Å². The maximum absolute atomic E-state index is 12.5. The summed E-state index contributed by atoms with van der Waals surface area (Å²) in [5.74, 6) is 0.347. The molecule has 4 nitrogen and oxygen atoms in total. The molecule has 0 bridgehead atoms. The van der Waals surface area contributed by atoms with Crippen LogP contribution in [0, 0.1) is 6.92 Å². The number of aliphatic hydroxyl groups excluding tert-OH is 1. The van der Waals surface area contributed by atoms with Crippen LogP contribution in [-0.2, 0) is 4.79 Å². The topological polar surface area (TPSA) is 58.6 Å². The molecule has 0 saturated heterocycles. The van der Waals surface area contributed by atoms with Gasteiger partial charge in [-0.2, -0.15) is 0 Å². The van der Waals surface area contributed by atoms with Crippen LogP contribution in [0.1, 0.15) is 43.2 Å². The van der Waals surface area contributed by atoms with E-state index in [0.717, 1.165) is 37.7 Å². The third kappa shape index (κ3) is 2.26. The standard InChI is InChI=1S/C17H20ClNO3/c1-10-8-11(18)13(12(9-10)22-2)14-15(20)17(19-16(14)21)6-4-3-5-7-17/h8-9,20H,3-7H2,1-2H3,(H,19,21). The van der Waals surface area contributed by atoms with E-state index >= 15 is 0 Å². The lowest BCUT2D eigenvalue weighted by atomic mass is 9.80. The van der Waals surface area contributed by atoms with Crippen molar-refractivity contribution in [3.8, 4) is 5.75 Å². The number of aryl methyl sites for hydroxylation is 1. The fraction of sp³-hybridized carbons (Fsp3) is 0.471. The van der Waals surface area contributed by atoms with Crippen LogP contribution in [0.25, 0.3) is 5.57 Å². The summed E-state index contributed by atoms with van der Waals surface area (Å²) in [7, 11) is 1.54. The second kappa shape index (κ2) is 5.51. The Hall–Kier alpha value is -1.68. The summed E-state index contributed by atoms with van der Waals surface area (Å²) in [5.41, 5.74) is 1.05. The van der Waals surface area contributed by atoms with Gasteiger partial charge in [-0.15, -0.1) is 0 Å². The molecule has 1 aliphatic heterocycles. The van der Waals surface area contributed by atoms with E-state index in [1.54, 1.807) is 6.07 Å². The Balaban J connectivity index is 2.17. The first-order chi connectivity index (χ1) is 10.5. The number of nitrogens with one attached hydrogen (secondary N) is 1. The van der Waals surface area contributed by atoms with Crippen molar-refractivity contribution in [2.75, 3.05) is 7.11 Å². The number of rotatable bonds is 2. The third-order valence-electron chi connectivity index (χ3n) is 4.65. The molecule has 0 unspecified atom stereocenters. The van der Waals surface area contributed by atoms with E-state index in [0.29, 0.717) is 16.3 Å². The van der Waals surface area contributed by atoms with Crippen molar-refractivity contribution in [2.24, 2.45) is 0 Å². The largest absolute Gasteiger partial charge is 0.509 e. The van der Waals surface area contributed by atoms with Crippen LogP contribution < -0.4 is 10.1 Å². The molecular weight excluding hydrogens is 302 g/mol. The van der Waals surface area contributed by atoms with Crippen molar-refractivity contribution < 1.29 is 14.6 Å². The average molecular weight is 322 g/mol. The summed E-state index contributed by atoms with van der Waals surface area (Å²) < 4.78 is 5.38. The van der Waals surface area contributed by atoms with Gasteiger partial charge in [0.2, 0.25) is 0 Å². The Morgan fingerprint density at radius 2 is 1.95 bits per heavy atom. The fourth-order valence-electron chi connectivity index (χ4n) is 3.55. The van der Waals surface area contributed by atoms with E-state index in [2.05, 4.69) is 5.32 Å². The first-order valence-electron chi connectivity index (χ1n) is 7.59. The van der Waals surface area contributed by atoms with Crippen LogP contribution in [-0.4, -0.2) is 23.7 Å². The quantitative estimate of drug-likeness (QED) is 0.872. The molecule has 1 aliphatic carbocycles. The van der Waals surface area contributed by atoms with Gasteiger partial charge in [-0.25, -0.2) is 0 Å². The smallest absolute Gasteiger partial charge is 0.256 e. The molecule has 1 spiro atoms. The van der Waals surface area contributed by atoms with Gasteiger partial charge >= 0.3 is 0 Å². The van der Waals surface area contributed by atoms with Crippen LogP contribution in [0.3, 0.4) is 0 Å². The maximum atomic E-state index is 12.5. The highest BCUT2D eigenvalue weighted by Gasteiger charge is 2.47. The summed E-state index contributed by atoms with van der Waals surface area (Å²) in [6.45, 7) is 1.91. The van der Waals surface area contributed by atoms with Gasteiger partial charge in [0.15, 0.2) is 0 Å². The average Bonchev–Trinajstić information content (AvgIpc) is 2.71. The van der Waals surface area contributed by atoms with Crippen LogP contribution >= 0.6 is 11.6 Å². The molecule has 1 fully saturated rings. The molecule has 5 heteroatoms. The lowest BCUT2D eigenvalue weighted by molar-refractivity contribution is -0.116. The summed E-state index contributed by atoms with van der Waals surface area (Å²) in [5, 5.41) is 14.2. The molecule has 22 heavy (non-hydrogen) atoms. The molecule has 1 aromatic carbocycles. The Morgan fingerprint density at radius 3 is 2.59 bits per heavy atom. The summed E-state index contributed by atoms with van der Waals surface area (Å²) in [6.07, 6.45) is 4.65. The number of hydrogen-bond acceptors (Lipinski definition) is 3. The van der Waals surface area contributed by atoms with Gasteiger partial charge in [0.05, 0.1) is 28.8 Å². The van der Waals surface area contributed by atoms with E-state index in [4.69, 9.17) is 16.3 Å². The molecule has 1 aromatic rings. The second-order valence-corrected chi connectivity index (χ2v) is 6.55. The zero-order valence-corrected chi connectivity index (χ0v) is 13.6. The predicted molar refractivity (Wildman–Crippen MR) is 86.2 cm³/mol. The first-order valence-corrected chi connectivity index (χ1v) is 7.97. The number of carbonyl (C=O) groups excluding carboxylic acids is 1. The SMILES string of the molecule is COc1cc(C)cc(Cl)c1C1=C(O)C2(CCCCC2)NC1=O. The molecule has 1 amide bonds. The number of halogens is 1. The van der Waals surface area contributed by atoms with Crippen LogP contribution in [0.5, 0.6) is 5.75 Å². The van der Waals surface area contributed by atoms with Gasteiger partial charge in [-0.3, -0.25) is 4.79 Å². The molecule has 1 saturated carbocycles. The van der Waals surface area contributed by atoms with E-state index < -0.39 is 5.54 Å². The monoisotopic (exact) mass is 321 g/mol. The van der Waals surface area contributed by atoms with Gasteiger partial charge in [-0.05, 0) is 37.5 Å². The number of aliphatic hydroxyl groups is 1. The highest BCUT2D eigenvalue weighted by atomic mass is 35.5. The lowest BCUT2D eigenvalue weighted by Crippen LogP contribution is -2.46. The van der Waals surface area contributed by atoms with Gasteiger partial charge in [0.1, 0.15) is 11.5 Å². The van der Waals surface area contributed by atoms with Gasteiger partial charge in [0, 0.05) is 0 Å². The number of benzene rings is 1. The Bertz CT molecular complexity index is 660. The van der Waals surface area contributed by atoms with Crippen molar-refractivity contribution in [3.05, 3.63) is 34.0 Å². The zero-order chi connectivity index (χ0) is 15.9. The van der Waals surface area contributed by atoms with Crippen molar-refractivity contribution in [3.63, 3.8) is 0 Å². The van der Waals surface area contributed by atoms with Crippen molar-refractivity contribution >= 4 is 23.1 Å². The Kier molecular flexibility index (Phi) is 3.81. The number of carbonyl (C=O) groups is 1. The van der Waals surface area contributed by atoms with Crippen LogP contribution in [0.4, 0.5) is 0 Å². The van der Waals surface area contributed by atoms with Crippen molar-refractivity contribution in [1.82, 2.24) is 5.32 Å². The Morgan fingerprint density at radius 1 is 1.27 bits per heavy atom. The molecular formula is C17H20ClNO3. The molecule has 2 aliphatic rings. The van der Waals surface area contributed by atoms with Crippen molar-refractivity contribution in [2.45, 2.75) is 44.6 Å². The summed E-state index contributed by atoms with van der Waals surface area (Å²) in [4.78, 5) is 12.5. The normalized spacial score (nSPS) is 20.4. The highest BCUT2D eigenvalue weighted by molar-refractivity contribution is 6.36. The van der Waals surface area contributed by atoms with Gasteiger partial charge in [-0.1, -0.05) is 30.9 Å². The summed E-state index contributed by atoms with van der Waals surface area (Å²) in [6, 6.07) is 3.60. The first kappa shape index (κ1) is 15.2. The van der Waals surface area contributed by atoms with Crippen molar-refractivity contribution in [1.29, 1.82) is 0 Å². The van der Waals surface area contributed by atoms with E-state index in [1.807, 2.05) is 13.0 Å². The minimum absolute atomic E-state index is 0.112. The second-order valence-electron chi connectivity index (χ2n) is 6.14. The number of ether oxygens (including phenoxy) is 1. The summed E-state index contributed by atoms with van der Waals surface area (Å²) >= 11 is 6.35. The fourth-order valence-corrected chi connectivity index (χ4v) is 3.91. The zero-order valence-electron chi connectivity index (χ0n) is 12.8. The van der Waals surface area contributed by atoms with Crippen LogP contribution in [0.2, 0.25) is 5.02 Å². The molecule has 0 radical (unpaired) electrons. The van der Waals surface area contributed by atoms with Crippen LogP contribution in [0.15, 0.2) is 17.9 Å². The maximum Gasteiger partial charge on any atom is 0.256 e. The predicted octanol–water partition coefficient (Wildman–Crippen LogP) is 3.76. The Labute approximate surface area is 135 Å². The minimum atomic E-state index is -0.621. The van der Waals surface area contributed by atoms with E-state index in [1.165, 1.54) is 7.11 Å². The number of methoxy groups -OCH3 is 1. The minimum Gasteiger partial charge on any atom is -0.509 e. The van der Waals surface area contributed by atoms with Gasteiger partial charge < -0.3 is 15.2 Å². The highest BCUT2D eigenvalue weighted by Crippen LogP contribution is 2.45. The van der Waals surface area contributed by atoms with Gasteiger partial charge in [0.25, 0.3) is 5.91 Å². The molecule has 2 N–H and O–H groups in total.